The predicted molar refractivity (Wildman–Crippen MR) is 44.5 cm³/mol. The Labute approximate surface area is 87.3 Å². The molecule has 1 aliphatic rings. The molecular weight excluding hydrogens is 299 g/mol. The molecule has 0 spiro atoms. The van der Waals surface area contributed by atoms with Gasteiger partial charge in [-0.3, -0.25) is 0 Å². The Morgan fingerprint density at radius 1 is 1.55 bits per heavy atom. The van der Waals surface area contributed by atoms with E-state index in [0.717, 1.165) is 5.56 Å². The second-order valence-corrected chi connectivity index (χ2v) is 3.16. The first-order chi connectivity index (χ1) is 4.72. The zero-order chi connectivity index (χ0) is 7.30. The minimum atomic E-state index is -0.0755. The van der Waals surface area contributed by atoms with E-state index in [1.54, 1.807) is 22.6 Å². The standard InChI is InChI=1S/C7H2IO2.Fe/c8-7(10)4-2-1-3-5(4)6(3)9;/h1H2;/q-1;. The van der Waals surface area contributed by atoms with E-state index in [4.69, 9.17) is 0 Å². The molecule has 11 heavy (non-hydrogen) atoms. The van der Waals surface area contributed by atoms with Crippen molar-refractivity contribution in [2.24, 2.45) is 0 Å². The van der Waals surface area contributed by atoms with Crippen LogP contribution >= 0.6 is 22.6 Å². The average Bonchev–Trinajstić information content (AvgIpc) is 2.42. The van der Waals surface area contributed by atoms with E-state index >= 15 is 0 Å². The second kappa shape index (κ2) is 2.84. The van der Waals surface area contributed by atoms with E-state index in [1.807, 2.05) is 0 Å². The number of rotatable bonds is 1. The van der Waals surface area contributed by atoms with Crippen molar-refractivity contribution in [1.29, 1.82) is 0 Å². The maximum absolute atomic E-state index is 10.7. The summed E-state index contributed by atoms with van der Waals surface area (Å²) in [7, 11) is 0. The summed E-state index contributed by atoms with van der Waals surface area (Å²) in [5.74, 6) is 0. The fraction of sp³-hybridized carbons (Fsp3) is 0.143. The van der Waals surface area contributed by atoms with E-state index in [2.05, 4.69) is 6.08 Å². The summed E-state index contributed by atoms with van der Waals surface area (Å²) in [4.78, 5) is 21.5. The van der Waals surface area contributed by atoms with Crippen LogP contribution in [-0.2, 0) is 28.3 Å². The number of carbonyl (C=O) groups excluding carboxylic acids is 1. The van der Waals surface area contributed by atoms with Crippen LogP contribution in [0.4, 0.5) is 0 Å². The first-order valence-electron chi connectivity index (χ1n) is 2.80. The smallest absolute Gasteiger partial charge is 0.123 e. The monoisotopic (exact) mass is 301 g/mol. The summed E-state index contributed by atoms with van der Waals surface area (Å²) in [6.45, 7) is 0. The number of carbonyl (C=O) groups is 1. The van der Waals surface area contributed by atoms with Gasteiger partial charge in [0, 0.05) is 17.1 Å². The number of fused-ring (bicyclic) bond motifs is 1. The van der Waals surface area contributed by atoms with Crippen LogP contribution in [0, 0.1) is 6.08 Å². The van der Waals surface area contributed by atoms with Gasteiger partial charge in [-0.05, 0) is 0 Å². The molecule has 0 saturated carbocycles. The van der Waals surface area contributed by atoms with Gasteiger partial charge in [0.25, 0.3) is 0 Å². The van der Waals surface area contributed by atoms with E-state index < -0.39 is 0 Å². The van der Waals surface area contributed by atoms with Crippen molar-refractivity contribution in [1.82, 2.24) is 0 Å². The molecule has 0 radical (unpaired) electrons. The molecule has 2 nitrogen and oxygen atoms in total. The van der Waals surface area contributed by atoms with Gasteiger partial charge in [-0.25, -0.2) is 0 Å². The van der Waals surface area contributed by atoms with Crippen molar-refractivity contribution in [2.45, 2.75) is 6.42 Å². The SMILES string of the molecule is O=C(I)C1=[C-]Cc2c1c2=O.[Fe]. The maximum Gasteiger partial charge on any atom is 0.123 e. The van der Waals surface area contributed by atoms with Crippen molar-refractivity contribution < 1.29 is 21.9 Å². The van der Waals surface area contributed by atoms with Gasteiger partial charge >= 0.3 is 0 Å². The molecule has 58 valence electrons. The van der Waals surface area contributed by atoms with Gasteiger partial charge in [-0.1, -0.05) is 40.1 Å². The fourth-order valence-corrected chi connectivity index (χ4v) is 1.53. The first-order valence-corrected chi connectivity index (χ1v) is 3.88. The molecule has 0 heterocycles. The minimum Gasteiger partial charge on any atom is -0.359 e. The Bertz CT molecular complexity index is 358. The molecule has 0 saturated heterocycles. The zero-order valence-electron chi connectivity index (χ0n) is 5.26. The maximum atomic E-state index is 10.7. The van der Waals surface area contributed by atoms with Crippen LogP contribution in [0.3, 0.4) is 0 Å². The van der Waals surface area contributed by atoms with Crippen LogP contribution < -0.4 is 5.43 Å². The quantitative estimate of drug-likeness (QED) is 0.330. The first kappa shape index (κ1) is 9.16. The van der Waals surface area contributed by atoms with Gasteiger partial charge in [0.05, 0.1) is 0 Å². The van der Waals surface area contributed by atoms with Gasteiger partial charge < -0.3 is 9.59 Å². The van der Waals surface area contributed by atoms with Crippen LogP contribution in [-0.4, -0.2) is 3.79 Å². The Morgan fingerprint density at radius 2 is 2.18 bits per heavy atom. The van der Waals surface area contributed by atoms with Crippen LogP contribution in [0.15, 0.2) is 4.79 Å². The molecule has 0 bridgehead atoms. The predicted octanol–water partition coefficient (Wildman–Crippen LogP) is 0.624. The van der Waals surface area contributed by atoms with Gasteiger partial charge in [-0.15, -0.1) is 5.57 Å². The Kier molecular flexibility index (Phi) is 2.37. The number of halogens is 1. The van der Waals surface area contributed by atoms with Gasteiger partial charge in [0.2, 0.25) is 0 Å². The summed E-state index contributed by atoms with van der Waals surface area (Å²) in [5.41, 5.74) is 2.00. The fourth-order valence-electron chi connectivity index (χ4n) is 1.07. The second-order valence-electron chi connectivity index (χ2n) is 2.18. The molecular formula is C7H2FeIO2-. The summed E-state index contributed by atoms with van der Waals surface area (Å²) < 4.78 is -0.0755. The van der Waals surface area contributed by atoms with Gasteiger partial charge in [-0.2, -0.15) is 6.08 Å². The van der Waals surface area contributed by atoms with E-state index in [1.165, 1.54) is 0 Å². The van der Waals surface area contributed by atoms with E-state index in [0.29, 0.717) is 17.6 Å². The Hall–Kier alpha value is 0.0695. The third kappa shape index (κ3) is 1.23. The molecule has 0 N–H and O–H groups in total. The molecule has 4 heteroatoms. The van der Waals surface area contributed by atoms with Crippen molar-refractivity contribution in [3.05, 3.63) is 27.4 Å². The molecule has 0 atom stereocenters. The molecule has 1 aromatic carbocycles. The van der Waals surface area contributed by atoms with Crippen LogP contribution in [0.5, 0.6) is 0 Å². The summed E-state index contributed by atoms with van der Waals surface area (Å²) in [6.07, 6.45) is 3.40. The minimum absolute atomic E-state index is 0. The third-order valence-corrected chi connectivity index (χ3v) is 2.17. The van der Waals surface area contributed by atoms with Gasteiger partial charge in [0.1, 0.15) is 9.22 Å². The van der Waals surface area contributed by atoms with Crippen molar-refractivity contribution in [2.75, 3.05) is 0 Å². The van der Waals surface area contributed by atoms with Crippen LogP contribution in [0.2, 0.25) is 0 Å². The molecule has 2 rings (SSSR count). The van der Waals surface area contributed by atoms with Gasteiger partial charge in [0.15, 0.2) is 0 Å². The molecule has 0 amide bonds. The molecule has 0 aromatic heterocycles. The molecule has 1 aliphatic carbocycles. The van der Waals surface area contributed by atoms with E-state index in [-0.39, 0.29) is 26.3 Å². The Balaban J connectivity index is 0.000000605. The third-order valence-electron chi connectivity index (χ3n) is 1.63. The number of allylic oxidation sites excluding steroid dienone is 2. The van der Waals surface area contributed by atoms with Crippen molar-refractivity contribution in [3.8, 4) is 0 Å². The summed E-state index contributed by atoms with van der Waals surface area (Å²) >= 11 is 1.67. The Morgan fingerprint density at radius 3 is 2.45 bits per heavy atom. The van der Waals surface area contributed by atoms with Crippen LogP contribution in [0.25, 0.3) is 5.57 Å². The normalized spacial score (nSPS) is 14.1. The molecule has 0 unspecified atom stereocenters. The summed E-state index contributed by atoms with van der Waals surface area (Å²) in [5, 5.41) is 0. The van der Waals surface area contributed by atoms with E-state index in [9.17, 15) is 9.59 Å². The topological polar surface area (TPSA) is 34.1 Å². The molecule has 0 aliphatic heterocycles. The zero-order valence-corrected chi connectivity index (χ0v) is 8.52. The largest absolute Gasteiger partial charge is 0.359 e. The molecule has 0 fully saturated rings. The summed E-state index contributed by atoms with van der Waals surface area (Å²) in [6, 6.07) is 0. The number of hydrogen-bond acceptors (Lipinski definition) is 2. The van der Waals surface area contributed by atoms with Crippen molar-refractivity contribution in [3.63, 3.8) is 0 Å². The van der Waals surface area contributed by atoms with Crippen molar-refractivity contribution >= 4 is 32.0 Å². The molecule has 1 aromatic rings. The van der Waals surface area contributed by atoms with Crippen LogP contribution in [0.1, 0.15) is 11.1 Å². The average molecular weight is 301 g/mol. The number of hydrogen-bond donors (Lipinski definition) is 0.